The number of thioether (sulfide) groups is 1. The third-order valence-electron chi connectivity index (χ3n) is 2.26. The van der Waals surface area contributed by atoms with Crippen LogP contribution in [0.5, 0.6) is 0 Å². The topological polar surface area (TPSA) is 40.5 Å². The zero-order valence-corrected chi connectivity index (χ0v) is 8.22. The lowest BCUT2D eigenvalue weighted by atomic mass is 10.1. The van der Waals surface area contributed by atoms with E-state index < -0.39 is 6.29 Å². The maximum absolute atomic E-state index is 8.59. The predicted molar refractivity (Wildman–Crippen MR) is 52.2 cm³/mol. The van der Waals surface area contributed by atoms with Crippen LogP contribution in [0.4, 0.5) is 0 Å². The van der Waals surface area contributed by atoms with E-state index in [4.69, 9.17) is 10.2 Å². The molecule has 2 nitrogen and oxygen atoms in total. The second kappa shape index (κ2) is 5.84. The Labute approximate surface area is 78.4 Å². The molecule has 1 heterocycles. The number of hydrogen-bond donors (Lipinski definition) is 2. The third-order valence-corrected chi connectivity index (χ3v) is 3.73. The Morgan fingerprint density at radius 2 is 2.17 bits per heavy atom. The summed E-state index contributed by atoms with van der Waals surface area (Å²) in [7, 11) is 0. The zero-order valence-electron chi connectivity index (χ0n) is 7.41. The van der Waals surface area contributed by atoms with E-state index in [1.807, 2.05) is 0 Å². The number of rotatable bonds is 5. The SMILES string of the molecule is OC(O)CCCCC1CCCS1. The van der Waals surface area contributed by atoms with Crippen molar-refractivity contribution in [1.29, 1.82) is 0 Å². The second-order valence-electron chi connectivity index (χ2n) is 3.40. The van der Waals surface area contributed by atoms with Crippen LogP contribution in [0.25, 0.3) is 0 Å². The fraction of sp³-hybridized carbons (Fsp3) is 1.00. The highest BCUT2D eigenvalue weighted by Crippen LogP contribution is 2.29. The summed E-state index contributed by atoms with van der Waals surface area (Å²) in [4.78, 5) is 0. The molecule has 12 heavy (non-hydrogen) atoms. The Bertz CT molecular complexity index is 111. The molecule has 1 fully saturated rings. The molecule has 0 bridgehead atoms. The van der Waals surface area contributed by atoms with Gasteiger partial charge in [0.2, 0.25) is 0 Å². The van der Waals surface area contributed by atoms with E-state index in [1.54, 1.807) is 0 Å². The van der Waals surface area contributed by atoms with E-state index in [2.05, 4.69) is 11.8 Å². The van der Waals surface area contributed by atoms with Gasteiger partial charge < -0.3 is 10.2 Å². The van der Waals surface area contributed by atoms with Crippen molar-refractivity contribution in [2.45, 2.75) is 50.1 Å². The van der Waals surface area contributed by atoms with Crippen LogP contribution in [-0.4, -0.2) is 27.5 Å². The molecule has 0 radical (unpaired) electrons. The number of aliphatic hydroxyl groups is 2. The Morgan fingerprint density at radius 1 is 1.33 bits per heavy atom. The number of hydrogen-bond acceptors (Lipinski definition) is 3. The first-order valence-corrected chi connectivity index (χ1v) is 5.81. The average Bonchev–Trinajstić information content (AvgIpc) is 2.49. The predicted octanol–water partition coefficient (Wildman–Crippen LogP) is 1.75. The maximum Gasteiger partial charge on any atom is 0.151 e. The Morgan fingerprint density at radius 3 is 2.75 bits per heavy atom. The molecule has 0 aromatic carbocycles. The van der Waals surface area contributed by atoms with Crippen LogP contribution in [-0.2, 0) is 0 Å². The van der Waals surface area contributed by atoms with E-state index in [-0.39, 0.29) is 0 Å². The van der Waals surface area contributed by atoms with E-state index in [0.29, 0.717) is 6.42 Å². The lowest BCUT2D eigenvalue weighted by Crippen LogP contribution is -2.04. The van der Waals surface area contributed by atoms with E-state index in [0.717, 1.165) is 18.1 Å². The van der Waals surface area contributed by atoms with Gasteiger partial charge in [-0.3, -0.25) is 0 Å². The standard InChI is InChI=1S/C9H18O2S/c10-9(11)6-2-1-4-8-5-3-7-12-8/h8-11H,1-7H2. The highest BCUT2D eigenvalue weighted by molar-refractivity contribution is 8.00. The van der Waals surface area contributed by atoms with E-state index in [1.165, 1.54) is 25.0 Å². The summed E-state index contributed by atoms with van der Waals surface area (Å²) in [6.45, 7) is 0. The fourth-order valence-corrected chi connectivity index (χ4v) is 2.90. The van der Waals surface area contributed by atoms with Crippen molar-refractivity contribution >= 4 is 11.8 Å². The van der Waals surface area contributed by atoms with Crippen LogP contribution in [0.3, 0.4) is 0 Å². The maximum atomic E-state index is 8.59. The van der Waals surface area contributed by atoms with Crippen LogP contribution in [0.15, 0.2) is 0 Å². The van der Waals surface area contributed by atoms with Gasteiger partial charge in [0.25, 0.3) is 0 Å². The monoisotopic (exact) mass is 190 g/mol. The minimum atomic E-state index is -1.10. The van der Waals surface area contributed by atoms with E-state index in [9.17, 15) is 0 Å². The molecule has 72 valence electrons. The molecule has 1 atom stereocenters. The molecule has 0 aromatic heterocycles. The molecule has 1 unspecified atom stereocenters. The number of unbranched alkanes of at least 4 members (excludes halogenated alkanes) is 1. The summed E-state index contributed by atoms with van der Waals surface area (Å²) in [5.74, 6) is 1.33. The minimum Gasteiger partial charge on any atom is -0.368 e. The van der Waals surface area contributed by atoms with Crippen LogP contribution in [0.1, 0.15) is 38.5 Å². The molecule has 0 aliphatic carbocycles. The van der Waals surface area contributed by atoms with Crippen molar-refractivity contribution in [1.82, 2.24) is 0 Å². The molecule has 1 aliphatic rings. The molecule has 1 saturated heterocycles. The molecule has 2 N–H and O–H groups in total. The first-order valence-electron chi connectivity index (χ1n) is 4.77. The molecule has 0 saturated carbocycles. The molecule has 0 amide bonds. The Kier molecular flexibility index (Phi) is 5.04. The van der Waals surface area contributed by atoms with Gasteiger partial charge in [0.15, 0.2) is 6.29 Å². The van der Waals surface area contributed by atoms with Crippen LogP contribution in [0, 0.1) is 0 Å². The van der Waals surface area contributed by atoms with Gasteiger partial charge in [-0.15, -0.1) is 0 Å². The van der Waals surface area contributed by atoms with Gasteiger partial charge in [-0.05, 0) is 37.9 Å². The largest absolute Gasteiger partial charge is 0.368 e. The normalized spacial score (nSPS) is 23.8. The van der Waals surface area contributed by atoms with Crippen molar-refractivity contribution in [3.8, 4) is 0 Å². The Hall–Kier alpha value is 0.270. The molecule has 0 aromatic rings. The Balaban J connectivity index is 1.88. The van der Waals surface area contributed by atoms with Gasteiger partial charge in [0.1, 0.15) is 0 Å². The summed E-state index contributed by atoms with van der Waals surface area (Å²) in [6, 6.07) is 0. The lowest BCUT2D eigenvalue weighted by molar-refractivity contribution is -0.0465. The molecule has 0 spiro atoms. The molecule has 1 rings (SSSR count). The minimum absolute atomic E-state index is 0.539. The van der Waals surface area contributed by atoms with Crippen LogP contribution in [0.2, 0.25) is 0 Å². The summed E-state index contributed by atoms with van der Waals surface area (Å²) >= 11 is 2.08. The van der Waals surface area contributed by atoms with Crippen molar-refractivity contribution in [3.05, 3.63) is 0 Å². The molecule has 1 aliphatic heterocycles. The lowest BCUT2D eigenvalue weighted by Gasteiger charge is -2.07. The highest BCUT2D eigenvalue weighted by Gasteiger charge is 2.14. The van der Waals surface area contributed by atoms with Crippen LogP contribution >= 0.6 is 11.8 Å². The summed E-state index contributed by atoms with van der Waals surface area (Å²) < 4.78 is 0. The van der Waals surface area contributed by atoms with Gasteiger partial charge in [-0.25, -0.2) is 0 Å². The quantitative estimate of drug-likeness (QED) is 0.512. The van der Waals surface area contributed by atoms with E-state index >= 15 is 0 Å². The molecular weight excluding hydrogens is 172 g/mol. The van der Waals surface area contributed by atoms with Gasteiger partial charge in [-0.1, -0.05) is 6.42 Å². The summed E-state index contributed by atoms with van der Waals surface area (Å²) in [6.07, 6.45) is 5.55. The summed E-state index contributed by atoms with van der Waals surface area (Å²) in [5, 5.41) is 18.1. The second-order valence-corrected chi connectivity index (χ2v) is 4.81. The van der Waals surface area contributed by atoms with Crippen molar-refractivity contribution in [2.75, 3.05) is 5.75 Å². The third kappa shape index (κ3) is 4.33. The molecule has 3 heteroatoms. The summed E-state index contributed by atoms with van der Waals surface area (Å²) in [5.41, 5.74) is 0. The zero-order chi connectivity index (χ0) is 8.81. The van der Waals surface area contributed by atoms with Gasteiger partial charge >= 0.3 is 0 Å². The molecular formula is C9H18O2S. The van der Waals surface area contributed by atoms with Gasteiger partial charge in [0.05, 0.1) is 0 Å². The van der Waals surface area contributed by atoms with Crippen molar-refractivity contribution in [3.63, 3.8) is 0 Å². The highest BCUT2D eigenvalue weighted by atomic mass is 32.2. The number of aliphatic hydroxyl groups excluding tert-OH is 1. The van der Waals surface area contributed by atoms with Crippen LogP contribution < -0.4 is 0 Å². The van der Waals surface area contributed by atoms with Crippen molar-refractivity contribution in [2.24, 2.45) is 0 Å². The van der Waals surface area contributed by atoms with Gasteiger partial charge in [-0.2, -0.15) is 11.8 Å². The smallest absolute Gasteiger partial charge is 0.151 e. The average molecular weight is 190 g/mol. The first-order chi connectivity index (χ1) is 5.79. The van der Waals surface area contributed by atoms with Crippen molar-refractivity contribution < 1.29 is 10.2 Å². The fourth-order valence-electron chi connectivity index (χ4n) is 1.57. The first kappa shape index (κ1) is 10.4. The van der Waals surface area contributed by atoms with Gasteiger partial charge in [0, 0.05) is 5.25 Å².